The lowest BCUT2D eigenvalue weighted by Crippen LogP contribution is -2.35. The van der Waals surface area contributed by atoms with E-state index in [4.69, 9.17) is 10.8 Å². The van der Waals surface area contributed by atoms with E-state index in [9.17, 15) is 9.59 Å². The Hall–Kier alpha value is -1.40. The fraction of sp³-hybridized carbons (Fsp3) is 0.333. The highest BCUT2D eigenvalue weighted by molar-refractivity contribution is 9.10. The molecule has 0 spiro atoms. The molecule has 0 fully saturated rings. The molecule has 5 nitrogen and oxygen atoms in total. The van der Waals surface area contributed by atoms with Gasteiger partial charge in [-0.15, -0.1) is 0 Å². The van der Waals surface area contributed by atoms with E-state index >= 15 is 0 Å². The minimum absolute atomic E-state index is 0.0291. The van der Waals surface area contributed by atoms with Gasteiger partial charge >= 0.3 is 5.97 Å². The van der Waals surface area contributed by atoms with Crippen LogP contribution >= 0.6 is 15.9 Å². The molecule has 0 bridgehead atoms. The van der Waals surface area contributed by atoms with Crippen molar-refractivity contribution in [3.63, 3.8) is 0 Å². The number of benzene rings is 1. The fourth-order valence-corrected chi connectivity index (χ4v) is 1.83. The number of carbonyl (C=O) groups excluding carboxylic acids is 1. The third-order valence-electron chi connectivity index (χ3n) is 2.41. The van der Waals surface area contributed by atoms with Gasteiger partial charge in [-0.25, -0.2) is 4.79 Å². The second-order valence-corrected chi connectivity index (χ2v) is 4.80. The Morgan fingerprint density at radius 3 is 2.72 bits per heavy atom. The number of carboxylic acid groups (broad SMARTS) is 1. The van der Waals surface area contributed by atoms with Crippen LogP contribution < -0.4 is 11.1 Å². The first-order valence-electron chi connectivity index (χ1n) is 5.55. The molecule has 18 heavy (non-hydrogen) atoms. The number of carboxylic acids is 1. The maximum atomic E-state index is 11.7. The monoisotopic (exact) mass is 314 g/mol. The summed E-state index contributed by atoms with van der Waals surface area (Å²) in [6.45, 7) is 1.93. The normalized spacial score (nSPS) is 11.9. The molecule has 1 rings (SSSR count). The maximum absolute atomic E-state index is 11.7. The zero-order valence-electron chi connectivity index (χ0n) is 9.94. The molecular weight excluding hydrogens is 300 g/mol. The van der Waals surface area contributed by atoms with Crippen LogP contribution in [0.5, 0.6) is 0 Å². The lowest BCUT2D eigenvalue weighted by molar-refractivity contribution is -0.117. The summed E-state index contributed by atoms with van der Waals surface area (Å²) in [5, 5.41) is 11.6. The van der Waals surface area contributed by atoms with Crippen LogP contribution in [0.3, 0.4) is 0 Å². The molecule has 0 radical (unpaired) electrons. The smallest absolute Gasteiger partial charge is 0.337 e. The Labute approximate surface area is 113 Å². The molecule has 0 saturated heterocycles. The number of hydrogen-bond acceptors (Lipinski definition) is 3. The van der Waals surface area contributed by atoms with Gasteiger partial charge in [0, 0.05) is 4.47 Å². The predicted molar refractivity (Wildman–Crippen MR) is 72.6 cm³/mol. The van der Waals surface area contributed by atoms with Crippen LogP contribution in [0.15, 0.2) is 22.7 Å². The average molecular weight is 315 g/mol. The van der Waals surface area contributed by atoms with Crippen LogP contribution in [0.4, 0.5) is 5.69 Å². The number of anilines is 1. The van der Waals surface area contributed by atoms with E-state index in [-0.39, 0.29) is 17.2 Å². The number of nitrogens with one attached hydrogen (secondary N) is 1. The van der Waals surface area contributed by atoms with Gasteiger partial charge in [-0.1, -0.05) is 29.3 Å². The van der Waals surface area contributed by atoms with Gasteiger partial charge < -0.3 is 16.2 Å². The molecule has 1 atom stereocenters. The zero-order valence-corrected chi connectivity index (χ0v) is 11.5. The number of hydrogen-bond donors (Lipinski definition) is 3. The summed E-state index contributed by atoms with van der Waals surface area (Å²) in [6, 6.07) is 4.00. The number of nitrogens with two attached hydrogens (primary N) is 1. The number of halogens is 1. The molecule has 98 valence electrons. The highest BCUT2D eigenvalue weighted by atomic mass is 79.9. The third-order valence-corrected chi connectivity index (χ3v) is 2.90. The highest BCUT2D eigenvalue weighted by Gasteiger charge is 2.16. The number of amides is 1. The zero-order chi connectivity index (χ0) is 13.7. The molecule has 1 amide bonds. The van der Waals surface area contributed by atoms with Crippen molar-refractivity contribution < 1.29 is 14.7 Å². The Balaban J connectivity index is 2.90. The number of aromatic carboxylic acids is 1. The summed E-state index contributed by atoms with van der Waals surface area (Å²) in [5.74, 6) is -1.47. The lowest BCUT2D eigenvalue weighted by atomic mass is 10.1. The number of carbonyl (C=O) groups is 2. The highest BCUT2D eigenvalue weighted by Crippen LogP contribution is 2.21. The van der Waals surface area contributed by atoms with Gasteiger partial charge in [0.15, 0.2) is 0 Å². The maximum Gasteiger partial charge on any atom is 0.337 e. The van der Waals surface area contributed by atoms with Crippen LogP contribution in [0, 0.1) is 0 Å². The van der Waals surface area contributed by atoms with E-state index in [1.54, 1.807) is 6.07 Å². The Morgan fingerprint density at radius 2 is 2.17 bits per heavy atom. The summed E-state index contributed by atoms with van der Waals surface area (Å²) < 4.78 is 0.635. The molecule has 6 heteroatoms. The molecule has 0 heterocycles. The lowest BCUT2D eigenvalue weighted by Gasteiger charge is -2.13. The van der Waals surface area contributed by atoms with Crippen LogP contribution in [-0.4, -0.2) is 23.0 Å². The minimum atomic E-state index is -1.10. The molecule has 1 aromatic rings. The van der Waals surface area contributed by atoms with Gasteiger partial charge in [-0.05, 0) is 24.6 Å². The molecule has 0 unspecified atom stereocenters. The predicted octanol–water partition coefficient (Wildman–Crippen LogP) is 2.21. The van der Waals surface area contributed by atoms with Crippen LogP contribution in [-0.2, 0) is 4.79 Å². The van der Waals surface area contributed by atoms with E-state index in [0.717, 1.165) is 6.42 Å². The van der Waals surface area contributed by atoms with Gasteiger partial charge in [-0.3, -0.25) is 4.79 Å². The first kappa shape index (κ1) is 14.7. The van der Waals surface area contributed by atoms with Crippen molar-refractivity contribution in [3.8, 4) is 0 Å². The van der Waals surface area contributed by atoms with E-state index in [0.29, 0.717) is 10.9 Å². The molecule has 0 aliphatic rings. The van der Waals surface area contributed by atoms with Gasteiger partial charge in [-0.2, -0.15) is 0 Å². The van der Waals surface area contributed by atoms with Gasteiger partial charge in [0.2, 0.25) is 5.91 Å². The van der Waals surface area contributed by atoms with Crippen molar-refractivity contribution in [2.45, 2.75) is 25.8 Å². The summed E-state index contributed by atoms with van der Waals surface area (Å²) in [4.78, 5) is 22.8. The molecule has 0 saturated carbocycles. The average Bonchev–Trinajstić information content (AvgIpc) is 2.31. The van der Waals surface area contributed by atoms with E-state index in [1.807, 2.05) is 6.92 Å². The third kappa shape index (κ3) is 3.82. The topological polar surface area (TPSA) is 92.4 Å². The van der Waals surface area contributed by atoms with Gasteiger partial charge in [0.05, 0.1) is 17.3 Å². The summed E-state index contributed by atoms with van der Waals surface area (Å²) >= 11 is 3.18. The van der Waals surface area contributed by atoms with E-state index < -0.39 is 12.0 Å². The molecule has 0 aromatic heterocycles. The van der Waals surface area contributed by atoms with Crippen LogP contribution in [0.1, 0.15) is 30.1 Å². The van der Waals surface area contributed by atoms with Crippen molar-refractivity contribution in [2.24, 2.45) is 5.73 Å². The summed E-state index contributed by atoms with van der Waals surface area (Å²) in [5.41, 5.74) is 5.94. The summed E-state index contributed by atoms with van der Waals surface area (Å²) in [6.07, 6.45) is 1.35. The Kier molecular flexibility index (Phi) is 5.30. The van der Waals surface area contributed by atoms with Crippen LogP contribution in [0.2, 0.25) is 0 Å². The Morgan fingerprint density at radius 1 is 1.50 bits per heavy atom. The van der Waals surface area contributed by atoms with Crippen molar-refractivity contribution >= 4 is 33.5 Å². The molecule has 1 aromatic carbocycles. The van der Waals surface area contributed by atoms with Gasteiger partial charge in [0.1, 0.15) is 0 Å². The molecule has 0 aliphatic heterocycles. The van der Waals surface area contributed by atoms with Crippen molar-refractivity contribution in [2.75, 3.05) is 5.32 Å². The van der Waals surface area contributed by atoms with E-state index in [2.05, 4.69) is 21.2 Å². The molecule has 4 N–H and O–H groups in total. The van der Waals surface area contributed by atoms with E-state index in [1.165, 1.54) is 12.1 Å². The van der Waals surface area contributed by atoms with Crippen molar-refractivity contribution in [1.82, 2.24) is 0 Å². The quantitative estimate of drug-likeness (QED) is 0.777. The second kappa shape index (κ2) is 6.51. The Bertz CT molecular complexity index is 463. The van der Waals surface area contributed by atoms with Crippen molar-refractivity contribution in [1.29, 1.82) is 0 Å². The standard InChI is InChI=1S/C12H15BrN2O3/c1-2-3-9(14)11(16)15-10-5-4-7(13)6-8(10)12(17)18/h4-6,9H,2-3,14H2,1H3,(H,15,16)(H,17,18)/t9-/m0/s1. The SMILES string of the molecule is CCC[C@H](N)C(=O)Nc1ccc(Br)cc1C(=O)O. The van der Waals surface area contributed by atoms with Crippen molar-refractivity contribution in [3.05, 3.63) is 28.2 Å². The molecular formula is C12H15BrN2O3. The minimum Gasteiger partial charge on any atom is -0.478 e. The summed E-state index contributed by atoms with van der Waals surface area (Å²) in [7, 11) is 0. The molecule has 0 aliphatic carbocycles. The number of rotatable bonds is 5. The largest absolute Gasteiger partial charge is 0.478 e. The fourth-order valence-electron chi connectivity index (χ4n) is 1.47. The first-order chi connectivity index (χ1) is 8.45. The van der Waals surface area contributed by atoms with Gasteiger partial charge in [0.25, 0.3) is 0 Å². The first-order valence-corrected chi connectivity index (χ1v) is 6.34. The van der Waals surface area contributed by atoms with Crippen LogP contribution in [0.25, 0.3) is 0 Å². The second-order valence-electron chi connectivity index (χ2n) is 3.88.